The molecule has 0 aromatic rings. The lowest BCUT2D eigenvalue weighted by Gasteiger charge is -2.19. The Labute approximate surface area is 102 Å². The Balaban J connectivity index is 2.72. The van der Waals surface area contributed by atoms with Gasteiger partial charge >= 0.3 is 11.9 Å². The standard InChI is InChI=1S/C12H21NO4/c1-5-13(6-2)8-9-7-12(9,10(14)16-3)11(15)17-4/h9H,5-8H2,1-4H3. The monoisotopic (exact) mass is 243 g/mol. The maximum Gasteiger partial charge on any atom is 0.323 e. The van der Waals surface area contributed by atoms with Gasteiger partial charge in [0.15, 0.2) is 5.41 Å². The lowest BCUT2D eigenvalue weighted by molar-refractivity contribution is -0.162. The van der Waals surface area contributed by atoms with Crippen LogP contribution in [0.15, 0.2) is 0 Å². The lowest BCUT2D eigenvalue weighted by atomic mass is 10.0. The van der Waals surface area contributed by atoms with E-state index in [4.69, 9.17) is 9.47 Å². The van der Waals surface area contributed by atoms with Crippen LogP contribution in [0, 0.1) is 11.3 Å². The van der Waals surface area contributed by atoms with Crippen LogP contribution in [0.3, 0.4) is 0 Å². The maximum absolute atomic E-state index is 11.7. The number of nitrogens with zero attached hydrogens (tertiary/aromatic N) is 1. The molecule has 1 atom stereocenters. The summed E-state index contributed by atoms with van der Waals surface area (Å²) < 4.78 is 9.44. The Bertz CT molecular complexity index is 283. The predicted molar refractivity (Wildman–Crippen MR) is 62.4 cm³/mol. The third-order valence-corrected chi connectivity index (χ3v) is 3.58. The second-order valence-corrected chi connectivity index (χ2v) is 4.34. The molecule has 1 rings (SSSR count). The van der Waals surface area contributed by atoms with Crippen molar-refractivity contribution in [3.63, 3.8) is 0 Å². The van der Waals surface area contributed by atoms with Crippen LogP contribution in [0.5, 0.6) is 0 Å². The van der Waals surface area contributed by atoms with E-state index in [1.54, 1.807) is 0 Å². The van der Waals surface area contributed by atoms with Crippen LogP contribution in [0.1, 0.15) is 20.3 Å². The van der Waals surface area contributed by atoms with E-state index in [0.29, 0.717) is 6.42 Å². The number of esters is 2. The van der Waals surface area contributed by atoms with Crippen LogP contribution in [-0.4, -0.2) is 50.7 Å². The van der Waals surface area contributed by atoms with Gasteiger partial charge in [-0.3, -0.25) is 9.59 Å². The molecule has 0 amide bonds. The molecule has 0 aromatic heterocycles. The molecule has 98 valence electrons. The third kappa shape index (κ3) is 2.44. The van der Waals surface area contributed by atoms with Crippen molar-refractivity contribution in [2.75, 3.05) is 33.9 Å². The summed E-state index contributed by atoms with van der Waals surface area (Å²) in [5.41, 5.74) is -1.05. The van der Waals surface area contributed by atoms with Gasteiger partial charge in [0.05, 0.1) is 14.2 Å². The molecular formula is C12H21NO4. The van der Waals surface area contributed by atoms with Crippen LogP contribution in [0.2, 0.25) is 0 Å². The molecule has 1 fully saturated rings. The minimum atomic E-state index is -1.05. The highest BCUT2D eigenvalue weighted by atomic mass is 16.5. The summed E-state index contributed by atoms with van der Waals surface area (Å²) in [6.45, 7) is 6.67. The van der Waals surface area contributed by atoms with Gasteiger partial charge in [0.2, 0.25) is 0 Å². The van der Waals surface area contributed by atoms with E-state index in [9.17, 15) is 9.59 Å². The molecule has 0 saturated heterocycles. The highest BCUT2D eigenvalue weighted by Crippen LogP contribution is 2.54. The van der Waals surface area contributed by atoms with Crippen molar-refractivity contribution in [1.82, 2.24) is 4.90 Å². The molecule has 5 nitrogen and oxygen atoms in total. The fourth-order valence-corrected chi connectivity index (χ4v) is 2.29. The SMILES string of the molecule is CCN(CC)CC1CC1(C(=O)OC)C(=O)OC. The van der Waals surface area contributed by atoms with E-state index >= 15 is 0 Å². The quantitative estimate of drug-likeness (QED) is 0.507. The maximum atomic E-state index is 11.7. The molecule has 0 bridgehead atoms. The van der Waals surface area contributed by atoms with Crippen molar-refractivity contribution in [2.24, 2.45) is 11.3 Å². The summed E-state index contributed by atoms with van der Waals surface area (Å²) in [5, 5.41) is 0. The summed E-state index contributed by atoms with van der Waals surface area (Å²) in [6.07, 6.45) is 0.531. The summed E-state index contributed by atoms with van der Waals surface area (Å²) in [7, 11) is 2.61. The van der Waals surface area contributed by atoms with Crippen molar-refractivity contribution in [2.45, 2.75) is 20.3 Å². The van der Waals surface area contributed by atoms with Gasteiger partial charge in [-0.05, 0) is 19.5 Å². The first-order valence-electron chi connectivity index (χ1n) is 5.95. The number of ether oxygens (including phenoxy) is 2. The highest BCUT2D eigenvalue weighted by Gasteiger charge is 2.67. The number of hydrogen-bond donors (Lipinski definition) is 0. The normalized spacial score (nSPS) is 21.1. The smallest absolute Gasteiger partial charge is 0.323 e. The Kier molecular flexibility index (Phi) is 4.51. The molecule has 1 saturated carbocycles. The van der Waals surface area contributed by atoms with E-state index < -0.39 is 17.4 Å². The molecule has 5 heteroatoms. The first-order chi connectivity index (χ1) is 8.06. The van der Waals surface area contributed by atoms with E-state index in [2.05, 4.69) is 18.7 Å². The minimum absolute atomic E-state index is 0.0160. The summed E-state index contributed by atoms with van der Waals surface area (Å²) in [6, 6.07) is 0. The highest BCUT2D eigenvalue weighted by molar-refractivity contribution is 6.03. The molecular weight excluding hydrogens is 222 g/mol. The molecule has 1 unspecified atom stereocenters. The van der Waals surface area contributed by atoms with Crippen molar-refractivity contribution in [3.05, 3.63) is 0 Å². The summed E-state index contributed by atoms with van der Waals surface area (Å²) in [5.74, 6) is -0.926. The fraction of sp³-hybridized carbons (Fsp3) is 0.833. The second-order valence-electron chi connectivity index (χ2n) is 4.34. The largest absolute Gasteiger partial charge is 0.468 e. The average Bonchev–Trinajstić information content (AvgIpc) is 3.09. The third-order valence-electron chi connectivity index (χ3n) is 3.58. The first kappa shape index (κ1) is 14.0. The van der Waals surface area contributed by atoms with Crippen LogP contribution in [0.25, 0.3) is 0 Å². The molecule has 0 N–H and O–H groups in total. The van der Waals surface area contributed by atoms with E-state index in [0.717, 1.165) is 19.6 Å². The Morgan fingerprint density at radius 1 is 1.18 bits per heavy atom. The average molecular weight is 243 g/mol. The predicted octanol–water partition coefficient (Wildman–Crippen LogP) is 0.680. The second kappa shape index (κ2) is 5.49. The Morgan fingerprint density at radius 2 is 1.65 bits per heavy atom. The van der Waals surface area contributed by atoms with Crippen molar-refractivity contribution in [1.29, 1.82) is 0 Å². The fourth-order valence-electron chi connectivity index (χ4n) is 2.29. The zero-order chi connectivity index (χ0) is 13.1. The van der Waals surface area contributed by atoms with Crippen molar-refractivity contribution < 1.29 is 19.1 Å². The number of methoxy groups -OCH3 is 2. The van der Waals surface area contributed by atoms with E-state index in [1.165, 1.54) is 14.2 Å². The van der Waals surface area contributed by atoms with Gasteiger partial charge in [-0.2, -0.15) is 0 Å². The van der Waals surface area contributed by atoms with Gasteiger partial charge in [-0.1, -0.05) is 13.8 Å². The van der Waals surface area contributed by atoms with Crippen molar-refractivity contribution >= 4 is 11.9 Å². The minimum Gasteiger partial charge on any atom is -0.468 e. The van der Waals surface area contributed by atoms with Crippen LogP contribution in [0.4, 0.5) is 0 Å². The number of hydrogen-bond acceptors (Lipinski definition) is 5. The van der Waals surface area contributed by atoms with Gasteiger partial charge in [0, 0.05) is 12.5 Å². The number of carbonyl (C=O) groups excluding carboxylic acids is 2. The molecule has 1 aliphatic rings. The first-order valence-corrected chi connectivity index (χ1v) is 5.95. The van der Waals surface area contributed by atoms with E-state index in [-0.39, 0.29) is 5.92 Å². The molecule has 1 aliphatic carbocycles. The van der Waals surface area contributed by atoms with Gasteiger partial charge < -0.3 is 14.4 Å². The molecule has 0 aliphatic heterocycles. The van der Waals surface area contributed by atoms with Gasteiger partial charge in [0.25, 0.3) is 0 Å². The topological polar surface area (TPSA) is 55.8 Å². The molecule has 0 radical (unpaired) electrons. The number of rotatable bonds is 6. The van der Waals surface area contributed by atoms with Crippen LogP contribution >= 0.6 is 0 Å². The zero-order valence-corrected chi connectivity index (χ0v) is 11.0. The van der Waals surface area contributed by atoms with E-state index in [1.807, 2.05) is 0 Å². The molecule has 0 aromatic carbocycles. The molecule has 17 heavy (non-hydrogen) atoms. The summed E-state index contributed by atoms with van der Waals surface area (Å²) in [4.78, 5) is 25.6. The summed E-state index contributed by atoms with van der Waals surface area (Å²) >= 11 is 0. The van der Waals surface area contributed by atoms with Crippen molar-refractivity contribution in [3.8, 4) is 0 Å². The lowest BCUT2D eigenvalue weighted by Crippen LogP contribution is -2.34. The van der Waals surface area contributed by atoms with Gasteiger partial charge in [-0.15, -0.1) is 0 Å². The van der Waals surface area contributed by atoms with Gasteiger partial charge in [0.1, 0.15) is 0 Å². The Morgan fingerprint density at radius 3 is 2.00 bits per heavy atom. The van der Waals surface area contributed by atoms with Crippen LogP contribution in [-0.2, 0) is 19.1 Å². The molecule has 0 spiro atoms. The molecule has 0 heterocycles. The van der Waals surface area contributed by atoms with Crippen LogP contribution < -0.4 is 0 Å². The van der Waals surface area contributed by atoms with Gasteiger partial charge in [-0.25, -0.2) is 0 Å². The zero-order valence-electron chi connectivity index (χ0n) is 11.0. The number of carbonyl (C=O) groups is 2. The Hall–Kier alpha value is -1.10.